The summed E-state index contributed by atoms with van der Waals surface area (Å²) in [5.41, 5.74) is 4.06. The fourth-order valence-electron chi connectivity index (χ4n) is 3.32. The Morgan fingerprint density at radius 1 is 1.03 bits per heavy atom. The zero-order chi connectivity index (χ0) is 22.5. The highest BCUT2D eigenvalue weighted by atomic mass is 16.5. The first kappa shape index (κ1) is 21.1. The zero-order valence-electron chi connectivity index (χ0n) is 18.2. The van der Waals surface area contributed by atoms with Gasteiger partial charge in [0.1, 0.15) is 5.75 Å². The third-order valence-electron chi connectivity index (χ3n) is 4.95. The molecule has 0 aliphatic heterocycles. The number of anilines is 1. The number of hydrogen-bond acceptors (Lipinski definition) is 5. The summed E-state index contributed by atoms with van der Waals surface area (Å²) in [6.45, 7) is 4.41. The zero-order valence-corrected chi connectivity index (χ0v) is 18.2. The Morgan fingerprint density at radius 2 is 1.81 bits per heavy atom. The van der Waals surface area contributed by atoms with Gasteiger partial charge in [0.25, 0.3) is 5.91 Å². The van der Waals surface area contributed by atoms with E-state index < -0.39 is 0 Å². The predicted octanol–water partition coefficient (Wildman–Crippen LogP) is 4.90. The van der Waals surface area contributed by atoms with Gasteiger partial charge in [-0.1, -0.05) is 30.3 Å². The SMILES string of the molecule is CCOc1nc(-c2ccccc2C)n(-c2ccc(NC(=O)c3cccc(OC)c3)cc2)n1. The molecule has 7 heteroatoms. The molecule has 1 amide bonds. The number of nitrogens with zero attached hydrogens (tertiary/aromatic N) is 3. The van der Waals surface area contributed by atoms with E-state index in [-0.39, 0.29) is 5.91 Å². The summed E-state index contributed by atoms with van der Waals surface area (Å²) in [5.74, 6) is 1.12. The normalized spacial score (nSPS) is 10.6. The van der Waals surface area contributed by atoms with Gasteiger partial charge in [-0.05, 0) is 61.9 Å². The number of hydrogen-bond donors (Lipinski definition) is 1. The van der Waals surface area contributed by atoms with E-state index in [1.165, 1.54) is 0 Å². The van der Waals surface area contributed by atoms with Crippen LogP contribution in [0.3, 0.4) is 0 Å². The molecule has 1 heterocycles. The van der Waals surface area contributed by atoms with Crippen molar-refractivity contribution in [1.82, 2.24) is 14.8 Å². The van der Waals surface area contributed by atoms with Crippen molar-refractivity contribution in [3.05, 3.63) is 83.9 Å². The maximum Gasteiger partial charge on any atom is 0.336 e. The van der Waals surface area contributed by atoms with Crippen molar-refractivity contribution in [2.45, 2.75) is 13.8 Å². The van der Waals surface area contributed by atoms with Gasteiger partial charge in [-0.2, -0.15) is 4.98 Å². The lowest BCUT2D eigenvalue weighted by atomic mass is 10.1. The molecule has 0 aliphatic rings. The minimum absolute atomic E-state index is 0.211. The van der Waals surface area contributed by atoms with Crippen molar-refractivity contribution in [2.24, 2.45) is 0 Å². The van der Waals surface area contributed by atoms with E-state index in [4.69, 9.17) is 9.47 Å². The smallest absolute Gasteiger partial charge is 0.336 e. The number of carbonyl (C=O) groups is 1. The van der Waals surface area contributed by atoms with Crippen LogP contribution in [-0.4, -0.2) is 34.4 Å². The number of carbonyl (C=O) groups excluding carboxylic acids is 1. The number of benzene rings is 3. The van der Waals surface area contributed by atoms with Gasteiger partial charge in [-0.25, -0.2) is 4.68 Å². The molecular formula is C25H24N4O3. The maximum absolute atomic E-state index is 12.6. The molecule has 0 aliphatic carbocycles. The van der Waals surface area contributed by atoms with E-state index in [0.717, 1.165) is 16.8 Å². The van der Waals surface area contributed by atoms with E-state index in [9.17, 15) is 4.79 Å². The average Bonchev–Trinajstić information content (AvgIpc) is 3.23. The van der Waals surface area contributed by atoms with Crippen LogP contribution in [0.2, 0.25) is 0 Å². The molecule has 4 aromatic rings. The molecule has 3 aromatic carbocycles. The topological polar surface area (TPSA) is 78.3 Å². The molecule has 0 radical (unpaired) electrons. The lowest BCUT2D eigenvalue weighted by Gasteiger charge is -2.10. The molecule has 7 nitrogen and oxygen atoms in total. The summed E-state index contributed by atoms with van der Waals surface area (Å²) in [7, 11) is 1.57. The molecule has 1 N–H and O–H groups in total. The Labute approximate surface area is 186 Å². The number of methoxy groups -OCH3 is 1. The summed E-state index contributed by atoms with van der Waals surface area (Å²) in [6.07, 6.45) is 0. The summed E-state index contributed by atoms with van der Waals surface area (Å²) in [4.78, 5) is 17.2. The van der Waals surface area contributed by atoms with Crippen molar-refractivity contribution < 1.29 is 14.3 Å². The molecule has 0 bridgehead atoms. The molecular weight excluding hydrogens is 404 g/mol. The number of aromatic nitrogens is 3. The van der Waals surface area contributed by atoms with E-state index in [1.54, 1.807) is 36.1 Å². The molecule has 162 valence electrons. The van der Waals surface area contributed by atoms with Gasteiger partial charge in [0, 0.05) is 16.8 Å². The van der Waals surface area contributed by atoms with Crippen LogP contribution in [0.1, 0.15) is 22.8 Å². The maximum atomic E-state index is 12.6. The van der Waals surface area contributed by atoms with Crippen LogP contribution in [-0.2, 0) is 0 Å². The Balaban J connectivity index is 1.61. The first-order valence-electron chi connectivity index (χ1n) is 10.3. The minimum Gasteiger partial charge on any atom is -0.497 e. The van der Waals surface area contributed by atoms with E-state index in [0.29, 0.717) is 35.4 Å². The van der Waals surface area contributed by atoms with Crippen molar-refractivity contribution >= 4 is 11.6 Å². The molecule has 0 saturated heterocycles. The standard InChI is InChI=1S/C25H24N4O3/c1-4-32-25-27-23(22-11-6-5-8-17(22)2)29(28-25)20-14-12-19(13-15-20)26-24(30)18-9-7-10-21(16-18)31-3/h5-16H,4H2,1-3H3,(H,26,30). The van der Waals surface area contributed by atoms with Crippen molar-refractivity contribution in [2.75, 3.05) is 19.0 Å². The number of rotatable bonds is 7. The van der Waals surface area contributed by atoms with E-state index in [1.807, 2.05) is 62.4 Å². The predicted molar refractivity (Wildman–Crippen MR) is 124 cm³/mol. The Hall–Kier alpha value is -4.13. The van der Waals surface area contributed by atoms with Gasteiger partial charge in [0.15, 0.2) is 5.82 Å². The van der Waals surface area contributed by atoms with Crippen LogP contribution in [0.25, 0.3) is 17.1 Å². The quantitative estimate of drug-likeness (QED) is 0.453. The van der Waals surface area contributed by atoms with Crippen molar-refractivity contribution in [1.29, 1.82) is 0 Å². The van der Waals surface area contributed by atoms with Gasteiger partial charge >= 0.3 is 6.01 Å². The second-order valence-electron chi connectivity index (χ2n) is 7.11. The average molecular weight is 428 g/mol. The summed E-state index contributed by atoms with van der Waals surface area (Å²) in [5, 5.41) is 7.43. The van der Waals surface area contributed by atoms with Crippen molar-refractivity contribution in [3.8, 4) is 28.8 Å². The number of aryl methyl sites for hydroxylation is 1. The van der Waals surface area contributed by atoms with Gasteiger partial charge in [-0.15, -0.1) is 5.10 Å². The largest absolute Gasteiger partial charge is 0.497 e. The monoisotopic (exact) mass is 428 g/mol. The summed E-state index contributed by atoms with van der Waals surface area (Å²) in [6, 6.07) is 22.8. The molecule has 0 fully saturated rings. The lowest BCUT2D eigenvalue weighted by Crippen LogP contribution is -2.12. The minimum atomic E-state index is -0.211. The Morgan fingerprint density at radius 3 is 2.53 bits per heavy atom. The third-order valence-corrected chi connectivity index (χ3v) is 4.95. The van der Waals surface area contributed by atoms with Gasteiger partial charge in [0.2, 0.25) is 0 Å². The highest BCUT2D eigenvalue weighted by molar-refractivity contribution is 6.04. The Bertz CT molecular complexity index is 1230. The van der Waals surface area contributed by atoms with E-state index >= 15 is 0 Å². The van der Waals surface area contributed by atoms with Crippen LogP contribution in [0.4, 0.5) is 5.69 Å². The first-order valence-corrected chi connectivity index (χ1v) is 10.3. The third kappa shape index (κ3) is 4.46. The van der Waals surface area contributed by atoms with Crippen LogP contribution in [0.15, 0.2) is 72.8 Å². The second kappa shape index (κ2) is 9.34. The number of nitrogens with one attached hydrogen (secondary N) is 1. The molecule has 1 aromatic heterocycles. The van der Waals surface area contributed by atoms with Gasteiger partial charge < -0.3 is 14.8 Å². The highest BCUT2D eigenvalue weighted by Gasteiger charge is 2.16. The Kier molecular flexibility index (Phi) is 6.17. The highest BCUT2D eigenvalue weighted by Crippen LogP contribution is 2.27. The van der Waals surface area contributed by atoms with Crippen LogP contribution < -0.4 is 14.8 Å². The molecule has 0 spiro atoms. The van der Waals surface area contributed by atoms with Crippen LogP contribution in [0.5, 0.6) is 11.8 Å². The van der Waals surface area contributed by atoms with Crippen molar-refractivity contribution in [3.63, 3.8) is 0 Å². The fraction of sp³-hybridized carbons (Fsp3) is 0.160. The summed E-state index contributed by atoms with van der Waals surface area (Å²) < 4.78 is 12.5. The lowest BCUT2D eigenvalue weighted by molar-refractivity contribution is 0.102. The van der Waals surface area contributed by atoms with Gasteiger partial charge in [-0.3, -0.25) is 4.79 Å². The van der Waals surface area contributed by atoms with Gasteiger partial charge in [0.05, 0.1) is 19.4 Å². The number of ether oxygens (including phenoxy) is 2. The van der Waals surface area contributed by atoms with Crippen LogP contribution in [0, 0.1) is 6.92 Å². The first-order chi connectivity index (χ1) is 15.6. The molecule has 0 unspecified atom stereocenters. The van der Waals surface area contributed by atoms with E-state index in [2.05, 4.69) is 15.4 Å². The summed E-state index contributed by atoms with van der Waals surface area (Å²) >= 11 is 0. The second-order valence-corrected chi connectivity index (χ2v) is 7.11. The molecule has 32 heavy (non-hydrogen) atoms. The molecule has 4 rings (SSSR count). The fourth-order valence-corrected chi connectivity index (χ4v) is 3.32. The molecule has 0 atom stereocenters. The van der Waals surface area contributed by atoms with Crippen LogP contribution >= 0.6 is 0 Å². The number of amides is 1. The molecule has 0 saturated carbocycles.